The molecule has 1 fully saturated rings. The number of ether oxygens (including phenoxy) is 1. The highest BCUT2D eigenvalue weighted by molar-refractivity contribution is 9.10. The topological polar surface area (TPSA) is 55.6 Å². The molecule has 0 aliphatic carbocycles. The van der Waals surface area contributed by atoms with Crippen LogP contribution in [0.5, 0.6) is 5.75 Å². The quantitative estimate of drug-likeness (QED) is 0.599. The van der Waals surface area contributed by atoms with E-state index < -0.39 is 6.04 Å². The van der Waals surface area contributed by atoms with E-state index >= 15 is 0 Å². The van der Waals surface area contributed by atoms with Gasteiger partial charge in [-0.2, -0.15) is 0 Å². The lowest BCUT2D eigenvalue weighted by Crippen LogP contribution is -2.63. The first-order valence-corrected chi connectivity index (χ1v) is 8.98. The summed E-state index contributed by atoms with van der Waals surface area (Å²) in [6, 6.07) is 14.8. The van der Waals surface area contributed by atoms with Crippen molar-refractivity contribution >= 4 is 27.5 Å². The van der Waals surface area contributed by atoms with E-state index in [9.17, 15) is 4.79 Å². The molecule has 1 aliphatic rings. The molecule has 2 aromatic rings. The second kappa shape index (κ2) is 7.36. The summed E-state index contributed by atoms with van der Waals surface area (Å²) in [7, 11) is 0. The van der Waals surface area contributed by atoms with E-state index in [0.29, 0.717) is 6.61 Å². The number of carbonyl (C=O) groups excluding carboxylic acids is 1. The predicted octanol–water partition coefficient (Wildman–Crippen LogP) is 4.04. The van der Waals surface area contributed by atoms with Crippen LogP contribution in [-0.2, 0) is 4.79 Å². The Morgan fingerprint density at radius 1 is 1.21 bits per heavy atom. The van der Waals surface area contributed by atoms with Crippen molar-refractivity contribution < 1.29 is 9.53 Å². The van der Waals surface area contributed by atoms with Crippen LogP contribution in [0.15, 0.2) is 53.0 Å². The number of halogens is 1. The first-order valence-electron chi connectivity index (χ1n) is 8.19. The zero-order valence-corrected chi connectivity index (χ0v) is 15.2. The molecule has 1 amide bonds. The minimum atomic E-state index is -0.542. The Kier molecular flexibility index (Phi) is 5.21. The lowest BCUT2D eigenvalue weighted by molar-refractivity contribution is -0.126. The van der Waals surface area contributed by atoms with Gasteiger partial charge in [0.25, 0.3) is 0 Å². The first-order chi connectivity index (χ1) is 11.6. The Bertz CT molecular complexity index is 721. The van der Waals surface area contributed by atoms with E-state index in [-0.39, 0.29) is 11.9 Å². The summed E-state index contributed by atoms with van der Waals surface area (Å²) in [5.41, 5.74) is 7.94. The van der Waals surface area contributed by atoms with E-state index in [1.54, 1.807) is 4.90 Å². The summed E-state index contributed by atoms with van der Waals surface area (Å²) in [6.45, 7) is 2.78. The summed E-state index contributed by atoms with van der Waals surface area (Å²) < 4.78 is 6.91. The van der Waals surface area contributed by atoms with Gasteiger partial charge >= 0.3 is 0 Å². The van der Waals surface area contributed by atoms with Crippen LogP contribution in [0.4, 0.5) is 5.69 Å². The minimum absolute atomic E-state index is 0.0615. The zero-order chi connectivity index (χ0) is 17.1. The summed E-state index contributed by atoms with van der Waals surface area (Å²) in [4.78, 5) is 14.1. The molecule has 0 radical (unpaired) electrons. The van der Waals surface area contributed by atoms with Crippen molar-refractivity contribution in [3.63, 3.8) is 0 Å². The Morgan fingerprint density at radius 3 is 2.67 bits per heavy atom. The van der Waals surface area contributed by atoms with Gasteiger partial charge in [-0.05, 0) is 30.7 Å². The smallest absolute Gasteiger partial charge is 0.247 e. The van der Waals surface area contributed by atoms with Gasteiger partial charge in [0.1, 0.15) is 11.8 Å². The number of carbonyl (C=O) groups is 1. The van der Waals surface area contributed by atoms with E-state index in [1.165, 1.54) is 0 Å². The molecule has 0 spiro atoms. The monoisotopic (exact) mass is 388 g/mol. The number of nitrogens with two attached hydrogens (primary N) is 1. The van der Waals surface area contributed by atoms with Crippen LogP contribution >= 0.6 is 15.9 Å². The van der Waals surface area contributed by atoms with Crippen LogP contribution in [0.2, 0.25) is 0 Å². The number of β-lactam (4-membered cyclic amide) rings is 1. The average Bonchev–Trinajstić information content (AvgIpc) is 2.60. The second-order valence-electron chi connectivity index (χ2n) is 5.90. The molecular formula is C19H21BrN2O2. The third-order valence-electron chi connectivity index (χ3n) is 4.22. The van der Waals surface area contributed by atoms with Gasteiger partial charge in [0.15, 0.2) is 0 Å². The molecule has 0 bridgehead atoms. The molecule has 1 aliphatic heterocycles. The van der Waals surface area contributed by atoms with E-state index in [0.717, 1.165) is 34.3 Å². The fourth-order valence-corrected chi connectivity index (χ4v) is 3.26. The van der Waals surface area contributed by atoms with Crippen molar-refractivity contribution in [3.8, 4) is 5.75 Å². The molecule has 0 unspecified atom stereocenters. The van der Waals surface area contributed by atoms with Crippen molar-refractivity contribution in [2.75, 3.05) is 11.5 Å². The number of benzene rings is 2. The third kappa shape index (κ3) is 3.19. The first kappa shape index (κ1) is 17.0. The number of hydrogen-bond donors (Lipinski definition) is 1. The highest BCUT2D eigenvalue weighted by Crippen LogP contribution is 2.42. The van der Waals surface area contributed by atoms with E-state index in [4.69, 9.17) is 10.5 Å². The summed E-state index contributed by atoms with van der Waals surface area (Å²) in [5, 5.41) is 0. The van der Waals surface area contributed by atoms with E-state index in [1.807, 2.05) is 48.5 Å². The average molecular weight is 389 g/mol. The van der Waals surface area contributed by atoms with Gasteiger partial charge in [-0.25, -0.2) is 0 Å². The van der Waals surface area contributed by atoms with Crippen LogP contribution < -0.4 is 15.4 Å². The van der Waals surface area contributed by atoms with Crippen molar-refractivity contribution in [1.82, 2.24) is 0 Å². The largest absolute Gasteiger partial charge is 0.493 e. The number of unbranched alkanes of at least 4 members (excludes halogenated alkanes) is 1. The SMILES string of the molecule is CCCCOc1cc(Br)ccc1[C@@H]1[C@@H](N)C(=O)N1c1ccccc1. The molecule has 2 aromatic carbocycles. The maximum atomic E-state index is 12.3. The highest BCUT2D eigenvalue weighted by Gasteiger charge is 2.47. The van der Waals surface area contributed by atoms with Crippen LogP contribution in [0.25, 0.3) is 0 Å². The van der Waals surface area contributed by atoms with Crippen molar-refractivity contribution in [3.05, 3.63) is 58.6 Å². The predicted molar refractivity (Wildman–Crippen MR) is 99.2 cm³/mol. The highest BCUT2D eigenvalue weighted by atomic mass is 79.9. The molecule has 4 nitrogen and oxygen atoms in total. The summed E-state index contributed by atoms with van der Waals surface area (Å²) >= 11 is 3.49. The van der Waals surface area contributed by atoms with Crippen LogP contribution in [0.1, 0.15) is 31.4 Å². The van der Waals surface area contributed by atoms with Gasteiger partial charge in [0.2, 0.25) is 5.91 Å². The number of nitrogens with zero attached hydrogens (tertiary/aromatic N) is 1. The fraction of sp³-hybridized carbons (Fsp3) is 0.316. The Morgan fingerprint density at radius 2 is 1.96 bits per heavy atom. The Hall–Kier alpha value is -1.85. The molecule has 1 saturated heterocycles. The molecular weight excluding hydrogens is 368 g/mol. The molecule has 2 atom stereocenters. The maximum absolute atomic E-state index is 12.3. The lowest BCUT2D eigenvalue weighted by atomic mass is 9.88. The van der Waals surface area contributed by atoms with Crippen LogP contribution in [-0.4, -0.2) is 18.6 Å². The maximum Gasteiger partial charge on any atom is 0.247 e. The van der Waals surface area contributed by atoms with Crippen LogP contribution in [0, 0.1) is 0 Å². The molecule has 0 aromatic heterocycles. The van der Waals surface area contributed by atoms with Gasteiger partial charge in [-0.3, -0.25) is 4.79 Å². The minimum Gasteiger partial charge on any atom is -0.493 e. The Labute approximate surface area is 150 Å². The van der Waals surface area contributed by atoms with Crippen molar-refractivity contribution in [1.29, 1.82) is 0 Å². The number of hydrogen-bond acceptors (Lipinski definition) is 3. The zero-order valence-electron chi connectivity index (χ0n) is 13.6. The van der Waals surface area contributed by atoms with Gasteiger partial charge in [-0.15, -0.1) is 0 Å². The molecule has 24 heavy (non-hydrogen) atoms. The van der Waals surface area contributed by atoms with Gasteiger partial charge in [-0.1, -0.05) is 53.5 Å². The number of rotatable bonds is 6. The number of anilines is 1. The Balaban J connectivity index is 1.93. The lowest BCUT2D eigenvalue weighted by Gasteiger charge is -2.46. The molecule has 0 saturated carbocycles. The molecule has 2 N–H and O–H groups in total. The van der Waals surface area contributed by atoms with Gasteiger partial charge < -0.3 is 15.4 Å². The normalized spacial score (nSPS) is 20.0. The van der Waals surface area contributed by atoms with Gasteiger partial charge in [0.05, 0.1) is 12.6 Å². The molecule has 126 valence electrons. The third-order valence-corrected chi connectivity index (χ3v) is 4.72. The van der Waals surface area contributed by atoms with Crippen molar-refractivity contribution in [2.45, 2.75) is 31.8 Å². The molecule has 1 heterocycles. The molecule has 5 heteroatoms. The van der Waals surface area contributed by atoms with Crippen molar-refractivity contribution in [2.24, 2.45) is 5.73 Å². The molecule has 3 rings (SSSR count). The summed E-state index contributed by atoms with van der Waals surface area (Å²) in [6.07, 6.45) is 2.06. The second-order valence-corrected chi connectivity index (χ2v) is 6.81. The van der Waals surface area contributed by atoms with Gasteiger partial charge in [0, 0.05) is 15.7 Å². The fourth-order valence-electron chi connectivity index (χ4n) is 2.92. The van der Waals surface area contributed by atoms with Crippen LogP contribution in [0.3, 0.4) is 0 Å². The number of para-hydroxylation sites is 1. The standard InChI is InChI=1S/C19H21BrN2O2/c1-2-3-11-24-16-12-13(20)9-10-15(16)18-17(21)19(23)22(18)14-7-5-4-6-8-14/h4-10,12,17-18H,2-3,11,21H2,1H3/t17-,18-/m1/s1. The van der Waals surface area contributed by atoms with E-state index in [2.05, 4.69) is 22.9 Å². The summed E-state index contributed by atoms with van der Waals surface area (Å²) in [5.74, 6) is 0.723. The number of amides is 1.